The molecule has 2 bridgehead atoms. The number of amides is 1. The molecule has 8 heteroatoms. The molecule has 0 unspecified atom stereocenters. The van der Waals surface area contributed by atoms with Gasteiger partial charge in [0.25, 0.3) is 5.69 Å². The Morgan fingerprint density at radius 3 is 2.27 bits per heavy atom. The third-order valence-electron chi connectivity index (χ3n) is 3.83. The summed E-state index contributed by atoms with van der Waals surface area (Å²) in [7, 11) is 0. The Labute approximate surface area is 124 Å². The number of hydrogen-bond acceptors (Lipinski definition) is 5. The zero-order valence-electron chi connectivity index (χ0n) is 11.2. The number of carboxylic acids is 1. The van der Waals surface area contributed by atoms with Crippen LogP contribution in [0.2, 0.25) is 0 Å². The number of carboxylic acid groups (broad SMARTS) is 1. The summed E-state index contributed by atoms with van der Waals surface area (Å²) in [5, 5.41) is 22.4. The lowest BCUT2D eigenvalue weighted by Crippen LogP contribution is -2.39. The van der Waals surface area contributed by atoms with Gasteiger partial charge in [-0.25, -0.2) is 0 Å². The second-order valence-electron chi connectivity index (χ2n) is 5.13. The lowest BCUT2D eigenvalue weighted by atomic mass is 9.82. The molecule has 1 amide bonds. The molecule has 2 N–H and O–H groups in total. The van der Waals surface area contributed by atoms with Gasteiger partial charge in [0.15, 0.2) is 0 Å². The fraction of sp³-hybridized carbons (Fsp3) is 0.286. The first-order chi connectivity index (χ1) is 10.5. The van der Waals surface area contributed by atoms with Crippen molar-refractivity contribution in [2.45, 2.75) is 12.2 Å². The topological polar surface area (TPSA) is 119 Å². The van der Waals surface area contributed by atoms with E-state index in [0.717, 1.165) is 0 Å². The molecule has 1 fully saturated rings. The van der Waals surface area contributed by atoms with Crippen molar-refractivity contribution < 1.29 is 24.4 Å². The largest absolute Gasteiger partial charge is 0.481 e. The van der Waals surface area contributed by atoms with Gasteiger partial charge < -0.3 is 15.2 Å². The van der Waals surface area contributed by atoms with Gasteiger partial charge in [-0.3, -0.25) is 19.7 Å². The Morgan fingerprint density at radius 2 is 1.73 bits per heavy atom. The van der Waals surface area contributed by atoms with Crippen molar-refractivity contribution >= 4 is 23.3 Å². The molecule has 0 aliphatic carbocycles. The smallest absolute Gasteiger partial charge is 0.310 e. The van der Waals surface area contributed by atoms with Gasteiger partial charge in [-0.15, -0.1) is 0 Å². The summed E-state index contributed by atoms with van der Waals surface area (Å²) in [5.41, 5.74) is 0.277. The standard InChI is InChI=1S/C14H12N2O6/c17-13(15-7-1-3-8(4-2-7)16(20)21)11-9-5-6-10(22-9)12(11)14(18)19/h1-6,9-12H,(H,15,17)(H,18,19)/t9-,10-,11-,12-/m0/s1. The van der Waals surface area contributed by atoms with Crippen LogP contribution in [0.25, 0.3) is 0 Å². The lowest BCUT2D eigenvalue weighted by molar-refractivity contribution is -0.384. The number of benzene rings is 1. The predicted octanol–water partition coefficient (Wildman–Crippen LogP) is 1.19. The number of non-ortho nitro benzene ring substituents is 1. The Balaban J connectivity index is 1.75. The summed E-state index contributed by atoms with van der Waals surface area (Å²) < 4.78 is 5.43. The number of fused-ring (bicyclic) bond motifs is 2. The van der Waals surface area contributed by atoms with E-state index in [-0.39, 0.29) is 5.69 Å². The lowest BCUT2D eigenvalue weighted by Gasteiger charge is -2.20. The maximum atomic E-state index is 12.3. The number of ether oxygens (including phenoxy) is 1. The van der Waals surface area contributed by atoms with E-state index in [1.807, 2.05) is 0 Å². The van der Waals surface area contributed by atoms with Gasteiger partial charge in [-0.05, 0) is 12.1 Å². The third kappa shape index (κ3) is 2.33. The fourth-order valence-electron chi connectivity index (χ4n) is 2.81. The van der Waals surface area contributed by atoms with Crippen LogP contribution in [0, 0.1) is 22.0 Å². The molecule has 1 aromatic rings. The van der Waals surface area contributed by atoms with Crippen molar-refractivity contribution in [3.63, 3.8) is 0 Å². The van der Waals surface area contributed by atoms with Gasteiger partial charge in [-0.1, -0.05) is 12.2 Å². The molecule has 0 aromatic heterocycles. The molecule has 0 saturated carbocycles. The van der Waals surface area contributed by atoms with Gasteiger partial charge in [-0.2, -0.15) is 0 Å². The minimum absolute atomic E-state index is 0.0902. The van der Waals surface area contributed by atoms with Crippen LogP contribution in [0.1, 0.15) is 0 Å². The van der Waals surface area contributed by atoms with E-state index in [1.165, 1.54) is 24.3 Å². The molecule has 0 spiro atoms. The number of carbonyl (C=O) groups excluding carboxylic acids is 1. The second kappa shape index (κ2) is 5.23. The van der Waals surface area contributed by atoms with Crippen LogP contribution in [0.4, 0.5) is 11.4 Å². The van der Waals surface area contributed by atoms with E-state index in [0.29, 0.717) is 5.69 Å². The van der Waals surface area contributed by atoms with Gasteiger partial charge in [0.1, 0.15) is 5.92 Å². The number of nitro benzene ring substituents is 1. The average molecular weight is 304 g/mol. The molecule has 22 heavy (non-hydrogen) atoms. The predicted molar refractivity (Wildman–Crippen MR) is 74.1 cm³/mol. The molecule has 2 heterocycles. The Bertz CT molecular complexity index is 668. The number of aliphatic carboxylic acids is 1. The zero-order chi connectivity index (χ0) is 15.9. The number of anilines is 1. The molecule has 0 radical (unpaired) electrons. The van der Waals surface area contributed by atoms with E-state index >= 15 is 0 Å². The number of carbonyl (C=O) groups is 2. The van der Waals surface area contributed by atoms with Crippen LogP contribution >= 0.6 is 0 Å². The van der Waals surface area contributed by atoms with Crippen LogP contribution in [-0.2, 0) is 14.3 Å². The van der Waals surface area contributed by atoms with Crippen LogP contribution in [0.5, 0.6) is 0 Å². The summed E-state index contributed by atoms with van der Waals surface area (Å²) in [6.45, 7) is 0. The van der Waals surface area contributed by atoms with E-state index in [4.69, 9.17) is 4.74 Å². The maximum Gasteiger partial charge on any atom is 0.310 e. The highest BCUT2D eigenvalue weighted by molar-refractivity contribution is 5.96. The van der Waals surface area contributed by atoms with Crippen molar-refractivity contribution in [3.05, 3.63) is 46.5 Å². The molecule has 114 valence electrons. The Hall–Kier alpha value is -2.74. The van der Waals surface area contributed by atoms with Gasteiger partial charge in [0.05, 0.1) is 23.0 Å². The van der Waals surface area contributed by atoms with Crippen molar-refractivity contribution in [1.82, 2.24) is 0 Å². The molecule has 2 aliphatic rings. The van der Waals surface area contributed by atoms with Crippen molar-refractivity contribution in [3.8, 4) is 0 Å². The fourth-order valence-corrected chi connectivity index (χ4v) is 2.81. The van der Waals surface area contributed by atoms with E-state index < -0.39 is 40.8 Å². The molecule has 1 saturated heterocycles. The SMILES string of the molecule is O=C(O)[C@@H]1[C@@H](C(=O)Nc2ccc([N+](=O)[O-])cc2)[C@@H]2C=C[C@@H]1O2. The van der Waals surface area contributed by atoms with Gasteiger partial charge in [0.2, 0.25) is 5.91 Å². The van der Waals surface area contributed by atoms with Crippen LogP contribution in [-0.4, -0.2) is 34.1 Å². The number of nitrogens with zero attached hydrogens (tertiary/aromatic N) is 1. The van der Waals surface area contributed by atoms with Gasteiger partial charge >= 0.3 is 5.97 Å². The molecule has 3 rings (SSSR count). The van der Waals surface area contributed by atoms with E-state index in [1.54, 1.807) is 12.2 Å². The molecule has 2 aliphatic heterocycles. The monoisotopic (exact) mass is 304 g/mol. The summed E-state index contributed by atoms with van der Waals surface area (Å²) >= 11 is 0. The highest BCUT2D eigenvalue weighted by Crippen LogP contribution is 2.39. The minimum atomic E-state index is -1.08. The first-order valence-electron chi connectivity index (χ1n) is 6.59. The first-order valence-corrected chi connectivity index (χ1v) is 6.59. The molecular formula is C14H12N2O6. The van der Waals surface area contributed by atoms with Gasteiger partial charge in [0, 0.05) is 17.8 Å². The summed E-state index contributed by atoms with van der Waals surface area (Å²) in [6, 6.07) is 5.33. The normalized spacial score (nSPS) is 28.5. The van der Waals surface area contributed by atoms with E-state index in [9.17, 15) is 24.8 Å². The van der Waals surface area contributed by atoms with Crippen molar-refractivity contribution in [1.29, 1.82) is 0 Å². The quantitative estimate of drug-likeness (QED) is 0.490. The Kier molecular flexibility index (Phi) is 3.38. The molecular weight excluding hydrogens is 292 g/mol. The summed E-state index contributed by atoms with van der Waals surface area (Å²) in [4.78, 5) is 33.7. The highest BCUT2D eigenvalue weighted by atomic mass is 16.6. The molecule has 4 atom stereocenters. The number of nitrogens with one attached hydrogen (secondary N) is 1. The molecule has 1 aromatic carbocycles. The van der Waals surface area contributed by atoms with Crippen molar-refractivity contribution in [2.24, 2.45) is 11.8 Å². The number of hydrogen-bond donors (Lipinski definition) is 2. The number of rotatable bonds is 4. The first kappa shape index (κ1) is 14.2. The zero-order valence-corrected chi connectivity index (χ0v) is 11.2. The van der Waals surface area contributed by atoms with Crippen LogP contribution in [0.3, 0.4) is 0 Å². The van der Waals surface area contributed by atoms with Crippen LogP contribution in [0.15, 0.2) is 36.4 Å². The van der Waals surface area contributed by atoms with E-state index in [2.05, 4.69) is 5.32 Å². The second-order valence-corrected chi connectivity index (χ2v) is 5.13. The maximum absolute atomic E-state index is 12.3. The number of nitro groups is 1. The average Bonchev–Trinajstić information content (AvgIpc) is 3.08. The summed E-state index contributed by atoms with van der Waals surface area (Å²) in [6.07, 6.45) is 2.20. The minimum Gasteiger partial charge on any atom is -0.481 e. The molecule has 8 nitrogen and oxygen atoms in total. The summed E-state index contributed by atoms with van der Waals surface area (Å²) in [5.74, 6) is -3.30. The van der Waals surface area contributed by atoms with Crippen molar-refractivity contribution in [2.75, 3.05) is 5.32 Å². The highest BCUT2D eigenvalue weighted by Gasteiger charge is 2.53. The van der Waals surface area contributed by atoms with Crippen LogP contribution < -0.4 is 5.32 Å². The Morgan fingerprint density at radius 1 is 1.14 bits per heavy atom. The third-order valence-corrected chi connectivity index (χ3v) is 3.83.